The number of carbonyl (C=O) groups is 1. The zero-order valence-corrected chi connectivity index (χ0v) is 10.0. The van der Waals surface area contributed by atoms with Crippen LogP contribution in [0.5, 0.6) is 0 Å². The fourth-order valence-electron chi connectivity index (χ4n) is 1.74. The van der Waals surface area contributed by atoms with E-state index in [9.17, 15) is 9.90 Å². The molecule has 0 atom stereocenters. The Kier molecular flexibility index (Phi) is 4.07. The summed E-state index contributed by atoms with van der Waals surface area (Å²) in [6.45, 7) is 0. The molecule has 1 heterocycles. The van der Waals surface area contributed by atoms with Crippen molar-refractivity contribution in [2.45, 2.75) is 19.3 Å². The molecule has 0 saturated heterocycles. The van der Waals surface area contributed by atoms with Gasteiger partial charge in [0, 0.05) is 11.4 Å². The van der Waals surface area contributed by atoms with E-state index in [4.69, 9.17) is 0 Å². The first-order valence-corrected chi connectivity index (χ1v) is 5.98. The van der Waals surface area contributed by atoms with Gasteiger partial charge in [0.1, 0.15) is 0 Å². The second-order valence-electron chi connectivity index (χ2n) is 4.10. The van der Waals surface area contributed by atoms with E-state index in [1.54, 1.807) is 0 Å². The minimum atomic E-state index is -0.993. The summed E-state index contributed by atoms with van der Waals surface area (Å²) in [6.07, 6.45) is 5.30. The van der Waals surface area contributed by atoms with Gasteiger partial charge in [-0.2, -0.15) is 0 Å². The van der Waals surface area contributed by atoms with Gasteiger partial charge < -0.3 is 9.90 Å². The van der Waals surface area contributed by atoms with Crippen LogP contribution in [0.3, 0.4) is 0 Å². The monoisotopic (exact) mass is 240 g/mol. The van der Waals surface area contributed by atoms with E-state index in [2.05, 4.69) is 4.98 Å². The topological polar surface area (TPSA) is 53.0 Å². The Labute approximate surface area is 106 Å². The number of rotatable bonds is 5. The molecule has 18 heavy (non-hydrogen) atoms. The number of pyridine rings is 1. The van der Waals surface area contributed by atoms with Crippen molar-refractivity contribution in [1.82, 2.24) is 4.98 Å². The number of nitrogens with zero attached hydrogens (tertiary/aromatic N) is 1. The number of hydrogen-bond donors (Lipinski definition) is 0. The van der Waals surface area contributed by atoms with Crippen LogP contribution in [0.2, 0.25) is 0 Å². The minimum Gasteiger partial charge on any atom is -0.550 e. The fourth-order valence-corrected chi connectivity index (χ4v) is 1.74. The van der Waals surface area contributed by atoms with Crippen LogP contribution >= 0.6 is 0 Å². The van der Waals surface area contributed by atoms with Gasteiger partial charge in [-0.3, -0.25) is 0 Å². The molecular weight excluding hydrogens is 226 g/mol. The Balaban J connectivity index is 1.99. The molecule has 2 aromatic rings. The molecule has 0 bridgehead atoms. The molecule has 2 rings (SSSR count). The van der Waals surface area contributed by atoms with Gasteiger partial charge in [-0.15, -0.1) is 0 Å². The first-order valence-electron chi connectivity index (χ1n) is 5.98. The summed E-state index contributed by atoms with van der Waals surface area (Å²) < 4.78 is 0. The number of para-hydroxylation sites is 1. The second kappa shape index (κ2) is 5.96. The first-order chi connectivity index (χ1) is 8.75. The quantitative estimate of drug-likeness (QED) is 0.752. The lowest BCUT2D eigenvalue weighted by atomic mass is 10.2. The summed E-state index contributed by atoms with van der Waals surface area (Å²) in [5, 5.41) is 11.3. The van der Waals surface area contributed by atoms with Crippen molar-refractivity contribution < 1.29 is 9.90 Å². The van der Waals surface area contributed by atoms with Gasteiger partial charge in [0.2, 0.25) is 0 Å². The van der Waals surface area contributed by atoms with E-state index in [0.29, 0.717) is 6.42 Å². The van der Waals surface area contributed by atoms with E-state index in [1.165, 1.54) is 0 Å². The highest BCUT2D eigenvalue weighted by molar-refractivity contribution is 5.79. The van der Waals surface area contributed by atoms with Crippen LogP contribution in [0.25, 0.3) is 17.0 Å². The Morgan fingerprint density at radius 2 is 2.06 bits per heavy atom. The maximum Gasteiger partial charge on any atom is 0.0709 e. The highest BCUT2D eigenvalue weighted by Crippen LogP contribution is 2.12. The Bertz CT molecular complexity index is 575. The van der Waals surface area contributed by atoms with Crippen molar-refractivity contribution in [3.8, 4) is 0 Å². The first kappa shape index (κ1) is 12.3. The van der Waals surface area contributed by atoms with Gasteiger partial charge in [-0.1, -0.05) is 30.3 Å². The van der Waals surface area contributed by atoms with E-state index in [-0.39, 0.29) is 6.42 Å². The normalized spacial score (nSPS) is 11.1. The van der Waals surface area contributed by atoms with E-state index in [0.717, 1.165) is 23.0 Å². The number of aromatic nitrogens is 1. The summed E-state index contributed by atoms with van der Waals surface area (Å²) in [7, 11) is 0. The fraction of sp³-hybridized carbons (Fsp3) is 0.200. The van der Waals surface area contributed by atoms with Crippen LogP contribution in [-0.2, 0) is 4.79 Å². The second-order valence-corrected chi connectivity index (χ2v) is 4.10. The molecule has 3 heteroatoms. The molecule has 0 N–H and O–H groups in total. The lowest BCUT2D eigenvalue weighted by molar-refractivity contribution is -0.305. The maximum atomic E-state index is 10.2. The third kappa shape index (κ3) is 3.42. The average molecular weight is 240 g/mol. The van der Waals surface area contributed by atoms with E-state index in [1.807, 2.05) is 48.6 Å². The molecule has 92 valence electrons. The number of aliphatic carboxylic acids is 1. The molecule has 0 aliphatic heterocycles. The predicted molar refractivity (Wildman–Crippen MR) is 69.6 cm³/mol. The summed E-state index contributed by atoms with van der Waals surface area (Å²) in [6, 6.07) is 11.9. The maximum absolute atomic E-state index is 10.2. The predicted octanol–water partition coefficient (Wildman–Crippen LogP) is 2.17. The van der Waals surface area contributed by atoms with Crippen molar-refractivity contribution in [2.75, 3.05) is 0 Å². The number of carboxylic acids is 1. The summed E-state index contributed by atoms with van der Waals surface area (Å²) in [4.78, 5) is 14.7. The molecule has 0 aliphatic rings. The molecule has 0 saturated carbocycles. The van der Waals surface area contributed by atoms with Gasteiger partial charge in [0.05, 0.1) is 11.2 Å². The van der Waals surface area contributed by atoms with E-state index >= 15 is 0 Å². The summed E-state index contributed by atoms with van der Waals surface area (Å²) in [5.41, 5.74) is 1.86. The van der Waals surface area contributed by atoms with Gasteiger partial charge in [-0.25, -0.2) is 4.98 Å². The van der Waals surface area contributed by atoms with Gasteiger partial charge in [0.15, 0.2) is 0 Å². The Morgan fingerprint density at radius 3 is 2.89 bits per heavy atom. The van der Waals surface area contributed by atoms with Crippen LogP contribution in [0, 0.1) is 0 Å². The lowest BCUT2D eigenvalue weighted by Crippen LogP contribution is -2.21. The van der Waals surface area contributed by atoms with Gasteiger partial charge in [-0.05, 0) is 37.5 Å². The summed E-state index contributed by atoms with van der Waals surface area (Å²) >= 11 is 0. The molecule has 3 nitrogen and oxygen atoms in total. The third-order valence-corrected chi connectivity index (χ3v) is 2.66. The highest BCUT2D eigenvalue weighted by atomic mass is 16.4. The Morgan fingerprint density at radius 1 is 1.22 bits per heavy atom. The van der Waals surface area contributed by atoms with Gasteiger partial charge >= 0.3 is 0 Å². The van der Waals surface area contributed by atoms with Crippen LogP contribution in [0.1, 0.15) is 25.0 Å². The largest absolute Gasteiger partial charge is 0.550 e. The van der Waals surface area contributed by atoms with Crippen molar-refractivity contribution in [2.24, 2.45) is 0 Å². The van der Waals surface area contributed by atoms with Crippen molar-refractivity contribution in [3.63, 3.8) is 0 Å². The average Bonchev–Trinajstić information content (AvgIpc) is 2.38. The Hall–Kier alpha value is -2.16. The van der Waals surface area contributed by atoms with Gasteiger partial charge in [0.25, 0.3) is 0 Å². The van der Waals surface area contributed by atoms with Crippen molar-refractivity contribution in [3.05, 3.63) is 48.2 Å². The molecular formula is C15H14NO2-. The number of fused-ring (bicyclic) bond motifs is 1. The highest BCUT2D eigenvalue weighted by Gasteiger charge is 1.94. The molecule has 0 fully saturated rings. The number of hydrogen-bond acceptors (Lipinski definition) is 3. The zero-order valence-electron chi connectivity index (χ0n) is 10.0. The molecule has 0 amide bonds. The molecule has 0 spiro atoms. The van der Waals surface area contributed by atoms with Crippen molar-refractivity contribution in [1.29, 1.82) is 0 Å². The smallest absolute Gasteiger partial charge is 0.0709 e. The molecule has 0 radical (unpaired) electrons. The standard InChI is InChI=1S/C15H15NO2/c17-15(18)9-3-1-2-7-13-11-10-12-6-4-5-8-14(12)16-13/h2,4-8,10-11H,1,3,9H2,(H,17,18)/p-1/b7-2+. The van der Waals surface area contributed by atoms with Crippen LogP contribution in [-0.4, -0.2) is 11.0 Å². The van der Waals surface area contributed by atoms with Crippen molar-refractivity contribution >= 4 is 22.9 Å². The number of unbranched alkanes of at least 4 members (excludes halogenated alkanes) is 1. The zero-order chi connectivity index (χ0) is 12.8. The summed E-state index contributed by atoms with van der Waals surface area (Å²) in [5.74, 6) is -0.993. The third-order valence-electron chi connectivity index (χ3n) is 2.66. The molecule has 0 aliphatic carbocycles. The minimum absolute atomic E-state index is 0.107. The molecule has 1 aromatic carbocycles. The van der Waals surface area contributed by atoms with Crippen LogP contribution < -0.4 is 5.11 Å². The number of allylic oxidation sites excluding steroid dienone is 1. The SMILES string of the molecule is O=C([O-])CCC/C=C/c1ccc2ccccc2n1. The number of carbonyl (C=O) groups excluding carboxylic acids is 1. The van der Waals surface area contributed by atoms with E-state index < -0.39 is 5.97 Å². The lowest BCUT2D eigenvalue weighted by Gasteiger charge is -1.99. The molecule has 1 aromatic heterocycles. The number of carboxylic acid groups (broad SMARTS) is 1. The molecule has 0 unspecified atom stereocenters. The number of benzene rings is 1. The van der Waals surface area contributed by atoms with Crippen LogP contribution in [0.4, 0.5) is 0 Å². The van der Waals surface area contributed by atoms with Crippen LogP contribution in [0.15, 0.2) is 42.5 Å².